The van der Waals surface area contributed by atoms with Crippen molar-refractivity contribution in [2.75, 3.05) is 18.1 Å². The average molecular weight is 635 g/mol. The number of hydrogen-bond acceptors (Lipinski definition) is 8. The third-order valence-electron chi connectivity index (χ3n) is 8.61. The first-order chi connectivity index (χ1) is 21.7. The lowest BCUT2D eigenvalue weighted by Gasteiger charge is -2.48. The number of aromatic nitrogens is 1. The molecule has 0 bridgehead atoms. The van der Waals surface area contributed by atoms with Crippen LogP contribution < -0.4 is 4.90 Å². The maximum absolute atomic E-state index is 13.6. The molecule has 45 heavy (non-hydrogen) atoms. The quantitative estimate of drug-likeness (QED) is 0.122. The molecule has 1 aromatic heterocycles. The predicted octanol–water partition coefficient (Wildman–Crippen LogP) is 4.43. The molecule has 1 aliphatic rings. The topological polar surface area (TPSA) is 134 Å². The first-order valence-electron chi connectivity index (χ1n) is 15.2. The maximum Gasteiger partial charge on any atom is 0.233 e. The number of β-lactam (4-membered cyclic amide) rings is 1. The number of halogens is 1. The Morgan fingerprint density at radius 3 is 2.16 bits per heavy atom. The number of nitrogens with zero attached hydrogens (tertiary/aromatic N) is 2. The molecule has 238 valence electrons. The van der Waals surface area contributed by atoms with Crippen molar-refractivity contribution in [2.24, 2.45) is 5.92 Å². The number of hydrogen-bond donors (Lipinski definition) is 5. The van der Waals surface area contributed by atoms with Crippen LogP contribution in [0.1, 0.15) is 63.5 Å². The summed E-state index contributed by atoms with van der Waals surface area (Å²) in [6, 6.07) is 21.2. The van der Waals surface area contributed by atoms with Gasteiger partial charge in [0.05, 0.1) is 47.8 Å². The molecule has 4 aromatic rings. The third kappa shape index (κ3) is 7.84. The van der Waals surface area contributed by atoms with E-state index in [4.69, 9.17) is 0 Å². The number of anilines is 1. The van der Waals surface area contributed by atoms with Crippen LogP contribution in [-0.4, -0.2) is 55.2 Å². The molecule has 8 nitrogen and oxygen atoms in total. The van der Waals surface area contributed by atoms with E-state index in [9.17, 15) is 34.7 Å². The molecule has 0 unspecified atom stereocenters. The maximum atomic E-state index is 13.6. The Kier molecular flexibility index (Phi) is 10.8. The number of aliphatic hydroxyl groups excluding tert-OH is 4. The van der Waals surface area contributed by atoms with E-state index in [0.717, 1.165) is 45.1 Å². The van der Waals surface area contributed by atoms with Crippen molar-refractivity contribution >= 4 is 22.9 Å². The lowest BCUT2D eigenvalue weighted by atomic mass is 9.78. The largest absolute Gasteiger partial charge is 0.393 e. The monoisotopic (exact) mass is 634 g/mol. The average Bonchev–Trinajstić information content (AvgIpc) is 3.54. The minimum atomic E-state index is -1.54. The summed E-state index contributed by atoms with van der Waals surface area (Å²) in [6.07, 6.45) is 3.87. The van der Waals surface area contributed by atoms with Gasteiger partial charge in [0.25, 0.3) is 0 Å². The Morgan fingerprint density at radius 1 is 0.889 bits per heavy atom. The van der Waals surface area contributed by atoms with Gasteiger partial charge in [0.2, 0.25) is 5.91 Å². The summed E-state index contributed by atoms with van der Waals surface area (Å²) in [5.41, 5.74) is 2.81. The molecule has 1 saturated heterocycles. The highest BCUT2D eigenvalue weighted by Crippen LogP contribution is 2.46. The van der Waals surface area contributed by atoms with E-state index in [1.807, 2.05) is 48.5 Å². The standard InChI is InChI=1S/C35H39FN2O6S/c36-27-10-8-25(9-11-27)31(42)15-14-30-33(26-6-1-24(2-7-26)17-18-35(44,21-40)22-41)38(34(30)43)28-12-3-23(4-13-28)5-16-32-37-19-29(20-39)45-32/h1-4,6-13,19,30-31,33,39-42,44H,5,14-18,20-22H2/t30-,31+,33-/m1/s1. The molecule has 0 aliphatic carbocycles. The van der Waals surface area contributed by atoms with E-state index < -0.39 is 24.9 Å². The number of carbonyl (C=O) groups is 1. The van der Waals surface area contributed by atoms with E-state index >= 15 is 0 Å². The molecule has 2 heterocycles. The molecule has 5 N–H and O–H groups in total. The van der Waals surface area contributed by atoms with Gasteiger partial charge in [-0.3, -0.25) is 4.79 Å². The Bertz CT molecular complexity index is 1540. The van der Waals surface area contributed by atoms with Crippen LogP contribution in [0.4, 0.5) is 10.1 Å². The van der Waals surface area contributed by atoms with Crippen molar-refractivity contribution in [2.45, 2.75) is 62.9 Å². The SMILES string of the molecule is O=C1[C@H](CC[C@H](O)c2ccc(F)cc2)[C@@H](c2ccc(CCC(O)(CO)CO)cc2)N1c1ccc(CCc2ncc(CO)s2)cc1. The molecule has 3 atom stereocenters. The number of aryl methyl sites for hydroxylation is 3. The number of carbonyl (C=O) groups excluding carboxylic acids is 1. The van der Waals surface area contributed by atoms with Gasteiger partial charge in [-0.25, -0.2) is 9.37 Å². The van der Waals surface area contributed by atoms with Gasteiger partial charge in [-0.05, 0) is 78.6 Å². The highest BCUT2D eigenvalue weighted by molar-refractivity contribution is 7.11. The van der Waals surface area contributed by atoms with Gasteiger partial charge in [-0.1, -0.05) is 48.5 Å². The number of rotatable bonds is 15. The van der Waals surface area contributed by atoms with E-state index in [1.54, 1.807) is 23.2 Å². The Balaban J connectivity index is 1.31. The Morgan fingerprint density at radius 2 is 1.53 bits per heavy atom. The fraction of sp³-hybridized carbons (Fsp3) is 0.371. The summed E-state index contributed by atoms with van der Waals surface area (Å²) in [6.45, 7) is -1.07. The van der Waals surface area contributed by atoms with E-state index in [-0.39, 0.29) is 36.7 Å². The Hall–Kier alpha value is -3.51. The summed E-state index contributed by atoms with van der Waals surface area (Å²) in [5.74, 6) is -0.759. The molecule has 10 heteroatoms. The minimum absolute atomic E-state index is 0.0108. The molecule has 1 fully saturated rings. The van der Waals surface area contributed by atoms with Crippen molar-refractivity contribution in [3.8, 4) is 0 Å². The molecule has 5 rings (SSSR count). The van der Waals surface area contributed by atoms with Gasteiger partial charge < -0.3 is 30.4 Å². The van der Waals surface area contributed by atoms with Gasteiger partial charge in [0.1, 0.15) is 11.4 Å². The van der Waals surface area contributed by atoms with Crippen molar-refractivity contribution in [1.82, 2.24) is 4.98 Å². The zero-order chi connectivity index (χ0) is 32.0. The molecule has 0 saturated carbocycles. The molecular weight excluding hydrogens is 595 g/mol. The van der Waals surface area contributed by atoms with E-state index in [1.165, 1.54) is 23.5 Å². The zero-order valence-corrected chi connectivity index (χ0v) is 25.7. The molecule has 1 amide bonds. The van der Waals surface area contributed by atoms with Crippen molar-refractivity contribution in [3.05, 3.63) is 117 Å². The number of aliphatic hydroxyl groups is 5. The van der Waals surface area contributed by atoms with Crippen LogP contribution in [0.25, 0.3) is 0 Å². The van der Waals surface area contributed by atoms with Gasteiger partial charge in [-0.2, -0.15) is 0 Å². The molecule has 1 aliphatic heterocycles. The fourth-order valence-electron chi connectivity index (χ4n) is 5.77. The summed E-state index contributed by atoms with van der Waals surface area (Å²) in [7, 11) is 0. The molecule has 3 aromatic carbocycles. The second-order valence-electron chi connectivity index (χ2n) is 11.7. The van der Waals surface area contributed by atoms with Crippen LogP contribution in [0.2, 0.25) is 0 Å². The van der Waals surface area contributed by atoms with Crippen molar-refractivity contribution < 1.29 is 34.7 Å². The van der Waals surface area contributed by atoms with Gasteiger partial charge in [0, 0.05) is 18.3 Å². The first-order valence-corrected chi connectivity index (χ1v) is 16.0. The smallest absolute Gasteiger partial charge is 0.233 e. The Labute approximate surface area is 266 Å². The lowest BCUT2D eigenvalue weighted by Crippen LogP contribution is -2.55. The number of benzene rings is 3. The fourth-order valence-corrected chi connectivity index (χ4v) is 6.55. The van der Waals surface area contributed by atoms with Crippen molar-refractivity contribution in [1.29, 1.82) is 0 Å². The van der Waals surface area contributed by atoms with Crippen LogP contribution in [-0.2, 0) is 30.7 Å². The predicted molar refractivity (Wildman–Crippen MR) is 170 cm³/mol. The first kappa shape index (κ1) is 32.9. The van der Waals surface area contributed by atoms with Crippen molar-refractivity contribution in [3.63, 3.8) is 0 Å². The zero-order valence-electron chi connectivity index (χ0n) is 24.9. The minimum Gasteiger partial charge on any atom is -0.393 e. The van der Waals surface area contributed by atoms with Gasteiger partial charge in [-0.15, -0.1) is 11.3 Å². The van der Waals surface area contributed by atoms with Crippen LogP contribution in [0.15, 0.2) is 79.0 Å². The second kappa shape index (κ2) is 14.7. The molecular formula is C35H39FN2O6S. The van der Waals surface area contributed by atoms with Crippen LogP contribution >= 0.6 is 11.3 Å². The van der Waals surface area contributed by atoms with E-state index in [0.29, 0.717) is 24.8 Å². The highest BCUT2D eigenvalue weighted by atomic mass is 32.1. The van der Waals surface area contributed by atoms with Gasteiger partial charge in [0.15, 0.2) is 0 Å². The lowest BCUT2D eigenvalue weighted by molar-refractivity contribution is -0.131. The molecule has 0 radical (unpaired) electrons. The molecule has 0 spiro atoms. The second-order valence-corrected chi connectivity index (χ2v) is 12.9. The van der Waals surface area contributed by atoms with Gasteiger partial charge >= 0.3 is 0 Å². The van der Waals surface area contributed by atoms with Crippen LogP contribution in [0.5, 0.6) is 0 Å². The normalized spacial score (nSPS) is 17.4. The summed E-state index contributed by atoms with van der Waals surface area (Å²) < 4.78 is 13.4. The summed E-state index contributed by atoms with van der Waals surface area (Å²) in [4.78, 5) is 20.6. The summed E-state index contributed by atoms with van der Waals surface area (Å²) in [5, 5.41) is 50.1. The van der Waals surface area contributed by atoms with Crippen LogP contribution in [0, 0.1) is 11.7 Å². The third-order valence-corrected chi connectivity index (χ3v) is 9.65. The van der Waals surface area contributed by atoms with Crippen LogP contribution in [0.3, 0.4) is 0 Å². The number of thiazole rings is 1. The summed E-state index contributed by atoms with van der Waals surface area (Å²) >= 11 is 1.50. The number of amides is 1. The van der Waals surface area contributed by atoms with E-state index in [2.05, 4.69) is 4.98 Å². The highest BCUT2D eigenvalue weighted by Gasteiger charge is 2.48.